The van der Waals surface area contributed by atoms with Crippen LogP contribution in [-0.2, 0) is 6.42 Å². The number of carbonyl (C=O) groups excluding carboxylic acids is 1. The van der Waals surface area contributed by atoms with Gasteiger partial charge in [0.15, 0.2) is 0 Å². The first kappa shape index (κ1) is 13.5. The van der Waals surface area contributed by atoms with E-state index in [1.807, 2.05) is 25.1 Å². The molecule has 1 heterocycles. The zero-order valence-corrected chi connectivity index (χ0v) is 11.5. The van der Waals surface area contributed by atoms with E-state index in [1.54, 1.807) is 5.51 Å². The number of carbonyl (C=O) groups is 1. The maximum Gasteiger partial charge on any atom is 0.321 e. The van der Waals surface area contributed by atoms with E-state index in [9.17, 15) is 4.79 Å². The van der Waals surface area contributed by atoms with E-state index in [0.29, 0.717) is 5.13 Å². The Morgan fingerprint density at radius 3 is 2.84 bits per heavy atom. The number of benzene rings is 1. The van der Waals surface area contributed by atoms with Gasteiger partial charge in [-0.15, -0.1) is 10.2 Å². The first-order valence-corrected chi connectivity index (χ1v) is 6.99. The van der Waals surface area contributed by atoms with Crippen LogP contribution in [0.15, 0.2) is 35.8 Å². The highest BCUT2D eigenvalue weighted by Crippen LogP contribution is 2.08. The molecule has 5 nitrogen and oxygen atoms in total. The minimum absolute atomic E-state index is 0.105. The van der Waals surface area contributed by atoms with Crippen LogP contribution in [-0.4, -0.2) is 22.3 Å². The van der Waals surface area contributed by atoms with Crippen LogP contribution in [0.2, 0.25) is 0 Å². The monoisotopic (exact) mass is 276 g/mol. The van der Waals surface area contributed by atoms with Crippen molar-refractivity contribution in [1.82, 2.24) is 15.5 Å². The molecule has 6 heteroatoms. The predicted octanol–water partition coefficient (Wildman–Crippen LogP) is 2.68. The molecule has 0 bridgehead atoms. The summed E-state index contributed by atoms with van der Waals surface area (Å²) in [6, 6.07) is 10.1. The average Bonchev–Trinajstić information content (AvgIpc) is 2.90. The number of nitrogens with one attached hydrogen (secondary N) is 2. The minimum atomic E-state index is -0.239. The highest BCUT2D eigenvalue weighted by Gasteiger charge is 2.08. The van der Waals surface area contributed by atoms with Gasteiger partial charge in [0.1, 0.15) is 5.51 Å². The van der Waals surface area contributed by atoms with Crippen LogP contribution >= 0.6 is 11.3 Å². The van der Waals surface area contributed by atoms with Crippen molar-refractivity contribution < 1.29 is 4.79 Å². The van der Waals surface area contributed by atoms with E-state index in [1.165, 1.54) is 16.9 Å². The van der Waals surface area contributed by atoms with Gasteiger partial charge in [-0.3, -0.25) is 5.32 Å². The van der Waals surface area contributed by atoms with E-state index in [2.05, 4.69) is 33.0 Å². The third-order valence-corrected chi connectivity index (χ3v) is 3.27. The van der Waals surface area contributed by atoms with Crippen LogP contribution in [0.3, 0.4) is 0 Å². The molecule has 2 N–H and O–H groups in total. The number of urea groups is 1. The molecule has 2 rings (SSSR count). The maximum atomic E-state index is 11.6. The Bertz CT molecular complexity index is 501. The summed E-state index contributed by atoms with van der Waals surface area (Å²) in [6.07, 6.45) is 1.84. The Morgan fingerprint density at radius 1 is 1.37 bits per heavy atom. The molecular weight excluding hydrogens is 260 g/mol. The van der Waals surface area contributed by atoms with E-state index in [4.69, 9.17) is 0 Å². The molecule has 0 aliphatic carbocycles. The fourth-order valence-corrected chi connectivity index (χ4v) is 2.12. The predicted molar refractivity (Wildman–Crippen MR) is 76.3 cm³/mol. The number of aromatic nitrogens is 2. The van der Waals surface area contributed by atoms with Gasteiger partial charge >= 0.3 is 6.03 Å². The third-order valence-electron chi connectivity index (χ3n) is 2.67. The molecule has 100 valence electrons. The number of hydrogen-bond donors (Lipinski definition) is 2. The number of aryl methyl sites for hydroxylation is 1. The summed E-state index contributed by atoms with van der Waals surface area (Å²) in [4.78, 5) is 11.6. The Labute approximate surface area is 116 Å². The Hall–Kier alpha value is -1.95. The summed E-state index contributed by atoms with van der Waals surface area (Å²) in [6.45, 7) is 1.99. The van der Waals surface area contributed by atoms with Crippen molar-refractivity contribution in [2.75, 3.05) is 5.32 Å². The third kappa shape index (κ3) is 4.67. The lowest BCUT2D eigenvalue weighted by atomic mass is 10.1. The van der Waals surface area contributed by atoms with E-state index in [-0.39, 0.29) is 12.1 Å². The van der Waals surface area contributed by atoms with Gasteiger partial charge in [-0.1, -0.05) is 41.7 Å². The van der Waals surface area contributed by atoms with Gasteiger partial charge in [0, 0.05) is 6.04 Å². The quantitative estimate of drug-likeness (QED) is 0.882. The molecule has 0 spiro atoms. The molecule has 1 aromatic heterocycles. The van der Waals surface area contributed by atoms with Crippen molar-refractivity contribution >= 4 is 22.5 Å². The standard InChI is InChI=1S/C13H16N4OS/c1-10(7-8-11-5-3-2-4-6-11)15-12(18)16-13-17-14-9-19-13/h2-6,9-10H,7-8H2,1H3,(H2,15,16,17,18)/t10-/m1/s1. The molecule has 19 heavy (non-hydrogen) atoms. The van der Waals surface area contributed by atoms with Crippen LogP contribution in [0.1, 0.15) is 18.9 Å². The number of nitrogens with zero attached hydrogens (tertiary/aromatic N) is 2. The fraction of sp³-hybridized carbons (Fsp3) is 0.308. The fourth-order valence-electron chi connectivity index (χ4n) is 1.68. The summed E-state index contributed by atoms with van der Waals surface area (Å²) in [5, 5.41) is 13.4. The summed E-state index contributed by atoms with van der Waals surface area (Å²) in [7, 11) is 0. The van der Waals surface area contributed by atoms with Crippen LogP contribution in [0.25, 0.3) is 0 Å². The second-order valence-corrected chi connectivity index (χ2v) is 5.10. The molecule has 0 saturated carbocycles. The van der Waals surface area contributed by atoms with Crippen molar-refractivity contribution in [1.29, 1.82) is 0 Å². The smallest absolute Gasteiger partial charge is 0.321 e. The summed E-state index contributed by atoms with van der Waals surface area (Å²) in [5.74, 6) is 0. The first-order valence-electron chi connectivity index (χ1n) is 6.11. The average molecular weight is 276 g/mol. The SMILES string of the molecule is C[C@H](CCc1ccccc1)NC(=O)Nc1nncs1. The highest BCUT2D eigenvalue weighted by molar-refractivity contribution is 7.13. The minimum Gasteiger partial charge on any atom is -0.335 e. The van der Waals surface area contributed by atoms with Crippen molar-refractivity contribution in [2.24, 2.45) is 0 Å². The van der Waals surface area contributed by atoms with E-state index >= 15 is 0 Å². The molecule has 2 aromatic rings. The van der Waals surface area contributed by atoms with Gasteiger partial charge in [-0.05, 0) is 25.3 Å². The van der Waals surface area contributed by atoms with Crippen LogP contribution < -0.4 is 10.6 Å². The molecule has 0 unspecified atom stereocenters. The molecule has 2 amide bonds. The first-order chi connectivity index (χ1) is 9.24. The largest absolute Gasteiger partial charge is 0.335 e. The summed E-state index contributed by atoms with van der Waals surface area (Å²) in [5.41, 5.74) is 2.86. The zero-order valence-electron chi connectivity index (χ0n) is 10.7. The Balaban J connectivity index is 1.72. The van der Waals surface area contributed by atoms with Gasteiger partial charge < -0.3 is 5.32 Å². The van der Waals surface area contributed by atoms with Crippen LogP contribution in [0, 0.1) is 0 Å². The lowest BCUT2D eigenvalue weighted by Crippen LogP contribution is -2.36. The van der Waals surface area contributed by atoms with Gasteiger partial charge in [0.2, 0.25) is 5.13 Å². The normalized spacial score (nSPS) is 11.8. The Kier molecular flexibility index (Phi) is 4.85. The molecule has 0 aliphatic rings. The van der Waals surface area contributed by atoms with Crippen LogP contribution in [0.5, 0.6) is 0 Å². The molecular formula is C13H16N4OS. The van der Waals surface area contributed by atoms with E-state index in [0.717, 1.165) is 12.8 Å². The molecule has 0 fully saturated rings. The van der Waals surface area contributed by atoms with Crippen molar-refractivity contribution in [3.05, 3.63) is 41.4 Å². The number of amides is 2. The number of hydrogen-bond acceptors (Lipinski definition) is 4. The zero-order chi connectivity index (χ0) is 13.5. The van der Waals surface area contributed by atoms with Crippen molar-refractivity contribution in [2.45, 2.75) is 25.8 Å². The second kappa shape index (κ2) is 6.84. The summed E-state index contributed by atoms with van der Waals surface area (Å²) >= 11 is 1.29. The number of anilines is 1. The number of rotatable bonds is 5. The maximum absolute atomic E-state index is 11.6. The molecule has 1 aromatic carbocycles. The van der Waals surface area contributed by atoms with Gasteiger partial charge in [0.25, 0.3) is 0 Å². The van der Waals surface area contributed by atoms with Gasteiger partial charge in [-0.2, -0.15) is 0 Å². The van der Waals surface area contributed by atoms with Crippen molar-refractivity contribution in [3.63, 3.8) is 0 Å². The molecule has 0 radical (unpaired) electrons. The van der Waals surface area contributed by atoms with Gasteiger partial charge in [-0.25, -0.2) is 4.79 Å². The molecule has 1 atom stereocenters. The van der Waals surface area contributed by atoms with E-state index < -0.39 is 0 Å². The Morgan fingerprint density at radius 2 is 2.16 bits per heavy atom. The van der Waals surface area contributed by atoms with Crippen LogP contribution in [0.4, 0.5) is 9.93 Å². The van der Waals surface area contributed by atoms with Gasteiger partial charge in [0.05, 0.1) is 0 Å². The topological polar surface area (TPSA) is 66.9 Å². The molecule has 0 aliphatic heterocycles. The second-order valence-electron chi connectivity index (χ2n) is 4.27. The summed E-state index contributed by atoms with van der Waals surface area (Å²) < 4.78 is 0. The molecule has 0 saturated heterocycles. The lowest BCUT2D eigenvalue weighted by molar-refractivity contribution is 0.248. The highest BCUT2D eigenvalue weighted by atomic mass is 32.1. The lowest BCUT2D eigenvalue weighted by Gasteiger charge is -2.13. The van der Waals surface area contributed by atoms with Crippen molar-refractivity contribution in [3.8, 4) is 0 Å².